The summed E-state index contributed by atoms with van der Waals surface area (Å²) >= 11 is 0. The summed E-state index contributed by atoms with van der Waals surface area (Å²) in [7, 11) is 0. The van der Waals surface area contributed by atoms with Crippen LogP contribution in [0.15, 0.2) is 0 Å². The molecule has 108 valence electrons. The number of aliphatic carboxylic acids is 1. The first-order valence-corrected chi connectivity index (χ1v) is 7.97. The van der Waals surface area contributed by atoms with Gasteiger partial charge in [0.05, 0.1) is 0 Å². The Bertz CT molecular complexity index is 184. The Morgan fingerprint density at radius 3 is 1.32 bits per heavy atom. The van der Waals surface area contributed by atoms with Crippen molar-refractivity contribution in [2.45, 2.75) is 96.8 Å². The average molecular weight is 321 g/mol. The van der Waals surface area contributed by atoms with E-state index in [-0.39, 0.29) is 25.9 Å². The molecule has 0 aromatic carbocycles. The molecule has 0 aliphatic carbocycles. The second-order valence-electron chi connectivity index (χ2n) is 5.36. The maximum atomic E-state index is 10.2. The fraction of sp³-hybridized carbons (Fsp3) is 0.938. The van der Waals surface area contributed by atoms with Gasteiger partial charge < -0.3 is 9.90 Å². The van der Waals surface area contributed by atoms with Gasteiger partial charge in [0, 0.05) is 5.97 Å². The molecule has 0 radical (unpaired) electrons. The van der Waals surface area contributed by atoms with E-state index in [2.05, 4.69) is 6.92 Å². The zero-order valence-electron chi connectivity index (χ0n) is 12.9. The number of rotatable bonds is 14. The molecular formula is C16H31O2Zn+. The smallest absolute Gasteiger partial charge is 0.550 e. The molecule has 0 rings (SSSR count). The summed E-state index contributed by atoms with van der Waals surface area (Å²) in [4.78, 5) is 10.2. The molecule has 0 aromatic heterocycles. The normalized spacial score (nSPS) is 10.2. The molecule has 0 N–H and O–H groups in total. The van der Waals surface area contributed by atoms with E-state index in [4.69, 9.17) is 0 Å². The van der Waals surface area contributed by atoms with Gasteiger partial charge in [-0.15, -0.1) is 0 Å². The van der Waals surface area contributed by atoms with Crippen LogP contribution < -0.4 is 5.11 Å². The molecule has 3 heteroatoms. The van der Waals surface area contributed by atoms with E-state index in [1.165, 1.54) is 70.6 Å². The van der Waals surface area contributed by atoms with Crippen molar-refractivity contribution in [3.05, 3.63) is 0 Å². The van der Waals surface area contributed by atoms with Gasteiger partial charge >= 0.3 is 19.5 Å². The van der Waals surface area contributed by atoms with Crippen LogP contribution in [0.4, 0.5) is 0 Å². The van der Waals surface area contributed by atoms with E-state index in [9.17, 15) is 9.90 Å². The molecule has 0 unspecified atom stereocenters. The molecule has 0 saturated carbocycles. The van der Waals surface area contributed by atoms with Gasteiger partial charge in [0.15, 0.2) is 0 Å². The summed E-state index contributed by atoms with van der Waals surface area (Å²) in [6.07, 6.45) is 16.9. The number of hydrogen-bond acceptors (Lipinski definition) is 2. The van der Waals surface area contributed by atoms with Gasteiger partial charge in [-0.2, -0.15) is 0 Å². The minimum atomic E-state index is -0.905. The van der Waals surface area contributed by atoms with Gasteiger partial charge in [-0.25, -0.2) is 0 Å². The van der Waals surface area contributed by atoms with Crippen LogP contribution in [0.1, 0.15) is 96.8 Å². The molecule has 19 heavy (non-hydrogen) atoms. The van der Waals surface area contributed by atoms with Gasteiger partial charge in [-0.05, 0) is 12.8 Å². The van der Waals surface area contributed by atoms with E-state index in [0.717, 1.165) is 12.8 Å². The van der Waals surface area contributed by atoms with E-state index >= 15 is 0 Å². The van der Waals surface area contributed by atoms with Crippen LogP contribution in [0.2, 0.25) is 0 Å². The molecule has 0 atom stereocenters. The Hall–Kier alpha value is 0.0934. The largest absolute Gasteiger partial charge is 2.00 e. The first-order valence-electron chi connectivity index (χ1n) is 7.97. The van der Waals surface area contributed by atoms with Crippen molar-refractivity contribution >= 4 is 5.97 Å². The Balaban J connectivity index is 0. The number of hydrogen-bond donors (Lipinski definition) is 0. The Morgan fingerprint density at radius 2 is 1.00 bits per heavy atom. The van der Waals surface area contributed by atoms with Gasteiger partial charge in [0.25, 0.3) is 0 Å². The summed E-state index contributed by atoms with van der Waals surface area (Å²) in [5, 5.41) is 10.2. The number of carbonyl (C=O) groups excluding carboxylic acids is 1. The summed E-state index contributed by atoms with van der Waals surface area (Å²) in [5.41, 5.74) is 0. The number of carbonyl (C=O) groups is 1. The van der Waals surface area contributed by atoms with Gasteiger partial charge in [0.2, 0.25) is 0 Å². The van der Waals surface area contributed by atoms with Crippen molar-refractivity contribution in [1.29, 1.82) is 0 Å². The Morgan fingerprint density at radius 1 is 0.684 bits per heavy atom. The number of carboxylic acid groups (broad SMARTS) is 1. The molecule has 0 aromatic rings. The van der Waals surface area contributed by atoms with Gasteiger partial charge in [-0.1, -0.05) is 84.0 Å². The predicted molar refractivity (Wildman–Crippen MR) is 75.3 cm³/mol. The van der Waals surface area contributed by atoms with Crippen molar-refractivity contribution in [1.82, 2.24) is 0 Å². The molecule has 0 aliphatic rings. The standard InChI is InChI=1S/C16H32O2.Zn/c1-2-3-4-5-6-7-8-9-10-11-12-13-14-15-16(17)18;/h2-15H2,1H3,(H,17,18);/q;+2/p-1. The van der Waals surface area contributed by atoms with E-state index < -0.39 is 5.97 Å². The van der Waals surface area contributed by atoms with Gasteiger partial charge in [0.1, 0.15) is 0 Å². The van der Waals surface area contributed by atoms with Crippen molar-refractivity contribution in [2.75, 3.05) is 0 Å². The first-order chi connectivity index (χ1) is 8.77. The second-order valence-corrected chi connectivity index (χ2v) is 5.36. The third kappa shape index (κ3) is 20.6. The average Bonchev–Trinajstić information content (AvgIpc) is 2.34. The van der Waals surface area contributed by atoms with Crippen LogP contribution in [-0.4, -0.2) is 5.97 Å². The molecule has 0 aliphatic heterocycles. The van der Waals surface area contributed by atoms with Crippen LogP contribution in [-0.2, 0) is 24.3 Å². The van der Waals surface area contributed by atoms with Crippen LogP contribution in [0.5, 0.6) is 0 Å². The quantitative estimate of drug-likeness (QED) is 0.355. The molecule has 2 nitrogen and oxygen atoms in total. The predicted octanol–water partition coefficient (Wildman–Crippen LogP) is 4.22. The molecular weight excluding hydrogens is 290 g/mol. The minimum absolute atomic E-state index is 0. The van der Waals surface area contributed by atoms with Crippen LogP contribution in [0, 0.1) is 0 Å². The molecule has 0 bridgehead atoms. The monoisotopic (exact) mass is 319 g/mol. The van der Waals surface area contributed by atoms with E-state index in [1.54, 1.807) is 0 Å². The maximum absolute atomic E-state index is 10.2. The Kier molecular flexibility index (Phi) is 20.4. The zero-order valence-corrected chi connectivity index (χ0v) is 15.9. The second kappa shape index (κ2) is 18.1. The summed E-state index contributed by atoms with van der Waals surface area (Å²) in [6.45, 7) is 2.26. The molecule has 0 saturated heterocycles. The fourth-order valence-electron chi connectivity index (χ4n) is 2.29. The third-order valence-corrected chi connectivity index (χ3v) is 3.48. The molecule has 0 fully saturated rings. The number of unbranched alkanes of at least 4 members (excludes halogenated alkanes) is 12. The van der Waals surface area contributed by atoms with Crippen LogP contribution in [0.25, 0.3) is 0 Å². The topological polar surface area (TPSA) is 40.1 Å². The summed E-state index contributed by atoms with van der Waals surface area (Å²) in [5.74, 6) is -0.905. The third-order valence-electron chi connectivity index (χ3n) is 3.48. The van der Waals surface area contributed by atoms with Crippen molar-refractivity contribution in [3.8, 4) is 0 Å². The van der Waals surface area contributed by atoms with Gasteiger partial charge in [-0.3, -0.25) is 0 Å². The summed E-state index contributed by atoms with van der Waals surface area (Å²) < 4.78 is 0. The van der Waals surface area contributed by atoms with Crippen LogP contribution >= 0.6 is 0 Å². The minimum Gasteiger partial charge on any atom is -0.550 e. The number of carboxylic acids is 1. The van der Waals surface area contributed by atoms with Crippen molar-refractivity contribution in [2.24, 2.45) is 0 Å². The Labute approximate surface area is 132 Å². The molecule has 0 amide bonds. The SMILES string of the molecule is CCCCCCCCCCCCCCCC(=O)[O-].[Zn+2]. The van der Waals surface area contributed by atoms with Crippen LogP contribution in [0.3, 0.4) is 0 Å². The fourth-order valence-corrected chi connectivity index (χ4v) is 2.29. The zero-order chi connectivity index (χ0) is 13.5. The van der Waals surface area contributed by atoms with Crippen molar-refractivity contribution < 1.29 is 29.4 Å². The summed E-state index contributed by atoms with van der Waals surface area (Å²) in [6, 6.07) is 0. The van der Waals surface area contributed by atoms with E-state index in [0.29, 0.717) is 0 Å². The maximum Gasteiger partial charge on any atom is 2.00 e. The van der Waals surface area contributed by atoms with Crippen molar-refractivity contribution in [3.63, 3.8) is 0 Å². The molecule has 0 spiro atoms. The first kappa shape index (κ1) is 21.4. The molecule has 0 heterocycles. The van der Waals surface area contributed by atoms with E-state index in [1.807, 2.05) is 0 Å².